The Labute approximate surface area is 132 Å². The molecule has 0 fully saturated rings. The van der Waals surface area contributed by atoms with E-state index in [-0.39, 0.29) is 27.0 Å². The maximum Gasteiger partial charge on any atom is 0.340 e. The van der Waals surface area contributed by atoms with Crippen LogP contribution in [0.15, 0.2) is 41.3 Å². The van der Waals surface area contributed by atoms with Crippen molar-refractivity contribution in [3.63, 3.8) is 0 Å². The van der Waals surface area contributed by atoms with Gasteiger partial charge < -0.3 is 4.18 Å². The fourth-order valence-corrected chi connectivity index (χ4v) is 3.28. The van der Waals surface area contributed by atoms with Crippen LogP contribution < -0.4 is 4.18 Å². The third kappa shape index (κ3) is 3.45. The summed E-state index contributed by atoms with van der Waals surface area (Å²) in [7, 11) is -4.28. The predicted octanol–water partition coefficient (Wildman–Crippen LogP) is 3.76. The number of rotatable bonds is 4. The molecule has 0 saturated carbocycles. The van der Waals surface area contributed by atoms with Crippen LogP contribution in [0.25, 0.3) is 0 Å². The van der Waals surface area contributed by atoms with Crippen LogP contribution in [0.1, 0.15) is 22.8 Å². The van der Waals surface area contributed by atoms with Crippen molar-refractivity contribution in [2.75, 3.05) is 0 Å². The van der Waals surface area contributed by atoms with Gasteiger partial charge in [0, 0.05) is 0 Å². The van der Waals surface area contributed by atoms with Crippen molar-refractivity contribution in [1.82, 2.24) is 0 Å². The molecule has 0 unspecified atom stereocenters. The number of carbonyl (C=O) groups excluding carboxylic acids is 1. The normalized spacial score (nSPS) is 11.3. The smallest absolute Gasteiger partial charge is 0.340 e. The van der Waals surface area contributed by atoms with Crippen molar-refractivity contribution in [3.8, 4) is 5.75 Å². The molecule has 0 radical (unpaired) electrons. The van der Waals surface area contributed by atoms with Crippen LogP contribution in [0, 0.1) is 12.7 Å². The van der Waals surface area contributed by atoms with Gasteiger partial charge in [-0.15, -0.1) is 0 Å². The van der Waals surface area contributed by atoms with Crippen LogP contribution in [0.5, 0.6) is 5.75 Å². The Bertz CT molecular complexity index is 847. The lowest BCUT2D eigenvalue weighted by molar-refractivity contribution is 0.101. The molecule has 7 heteroatoms. The molecule has 0 aliphatic carbocycles. The minimum Gasteiger partial charge on any atom is -0.378 e. The van der Waals surface area contributed by atoms with Crippen LogP contribution in [0.4, 0.5) is 4.39 Å². The molecule has 0 aliphatic heterocycles. The zero-order valence-electron chi connectivity index (χ0n) is 11.8. The number of ketones is 1. The molecule has 0 aliphatic rings. The third-order valence-corrected chi connectivity index (χ3v) is 4.60. The first kappa shape index (κ1) is 16.5. The average molecular weight is 343 g/mol. The lowest BCUT2D eigenvalue weighted by atomic mass is 10.1. The summed E-state index contributed by atoms with van der Waals surface area (Å²) in [6.45, 7) is 3.03. The molecule has 0 spiro atoms. The van der Waals surface area contributed by atoms with E-state index in [1.807, 2.05) is 0 Å². The van der Waals surface area contributed by atoms with E-state index in [2.05, 4.69) is 0 Å². The first-order valence-corrected chi connectivity index (χ1v) is 8.00. The lowest BCUT2D eigenvalue weighted by Gasteiger charge is -2.11. The van der Waals surface area contributed by atoms with E-state index in [1.54, 1.807) is 13.0 Å². The summed E-state index contributed by atoms with van der Waals surface area (Å²) in [5, 5.41) is -0.294. The molecule has 0 saturated heterocycles. The van der Waals surface area contributed by atoms with Crippen molar-refractivity contribution in [2.24, 2.45) is 0 Å². The number of hydrogen-bond acceptors (Lipinski definition) is 4. The number of benzene rings is 2. The second-order valence-corrected chi connectivity index (χ2v) is 6.59. The molecule has 0 heterocycles. The monoisotopic (exact) mass is 342 g/mol. The minimum absolute atomic E-state index is 0.0899. The van der Waals surface area contributed by atoms with Crippen LogP contribution in [-0.4, -0.2) is 14.2 Å². The number of carbonyl (C=O) groups is 1. The van der Waals surface area contributed by atoms with E-state index >= 15 is 0 Å². The summed E-state index contributed by atoms with van der Waals surface area (Å²) in [4.78, 5) is 11.2. The van der Waals surface area contributed by atoms with Gasteiger partial charge in [-0.05, 0) is 49.7 Å². The Kier molecular flexibility index (Phi) is 4.53. The molecule has 116 valence electrons. The molecule has 0 amide bonds. The Hall–Kier alpha value is -1.92. The zero-order chi connectivity index (χ0) is 16.5. The highest BCUT2D eigenvalue weighted by Crippen LogP contribution is 2.28. The number of hydrogen-bond donors (Lipinski definition) is 0. The zero-order valence-corrected chi connectivity index (χ0v) is 13.3. The van der Waals surface area contributed by atoms with Gasteiger partial charge in [0.05, 0.1) is 10.6 Å². The van der Waals surface area contributed by atoms with Gasteiger partial charge in [0.2, 0.25) is 0 Å². The molecule has 22 heavy (non-hydrogen) atoms. The Morgan fingerprint density at radius 3 is 2.45 bits per heavy atom. The average Bonchev–Trinajstić information content (AvgIpc) is 2.37. The quantitative estimate of drug-likeness (QED) is 0.627. The Morgan fingerprint density at radius 2 is 1.86 bits per heavy atom. The Balaban J connectivity index is 2.49. The molecular weight excluding hydrogens is 331 g/mol. The highest BCUT2D eigenvalue weighted by atomic mass is 35.5. The molecule has 2 aromatic rings. The van der Waals surface area contributed by atoms with Gasteiger partial charge in [-0.1, -0.05) is 17.7 Å². The number of halogens is 2. The number of aryl methyl sites for hydroxylation is 1. The maximum atomic E-state index is 13.0. The van der Waals surface area contributed by atoms with E-state index in [1.165, 1.54) is 19.1 Å². The second kappa shape index (κ2) is 6.06. The van der Waals surface area contributed by atoms with Gasteiger partial charge in [-0.25, -0.2) is 4.39 Å². The highest BCUT2D eigenvalue weighted by Gasteiger charge is 2.23. The van der Waals surface area contributed by atoms with Gasteiger partial charge in [-0.3, -0.25) is 4.79 Å². The van der Waals surface area contributed by atoms with Crippen LogP contribution in [0.3, 0.4) is 0 Å². The largest absolute Gasteiger partial charge is 0.378 e. The van der Waals surface area contributed by atoms with E-state index in [9.17, 15) is 17.6 Å². The molecule has 0 bridgehead atoms. The number of Topliss-reactive ketones (excluding diaryl/α,β-unsaturated/α-hetero) is 1. The van der Waals surface area contributed by atoms with E-state index in [0.29, 0.717) is 0 Å². The van der Waals surface area contributed by atoms with Crippen LogP contribution in [-0.2, 0) is 10.1 Å². The predicted molar refractivity (Wildman–Crippen MR) is 80.4 cm³/mol. The molecule has 0 atom stereocenters. The lowest BCUT2D eigenvalue weighted by Crippen LogP contribution is -2.12. The first-order chi connectivity index (χ1) is 10.2. The van der Waals surface area contributed by atoms with E-state index < -0.39 is 15.9 Å². The van der Waals surface area contributed by atoms with Crippen molar-refractivity contribution in [3.05, 3.63) is 58.4 Å². The molecular formula is C15H12ClFO4S. The van der Waals surface area contributed by atoms with E-state index in [4.69, 9.17) is 15.8 Å². The summed E-state index contributed by atoms with van der Waals surface area (Å²) in [5.41, 5.74) is 0.854. The molecule has 2 aromatic carbocycles. The van der Waals surface area contributed by atoms with Gasteiger partial charge in [0.1, 0.15) is 10.7 Å². The minimum atomic E-state index is -4.28. The summed E-state index contributed by atoms with van der Waals surface area (Å²) in [6.07, 6.45) is 0. The summed E-state index contributed by atoms with van der Waals surface area (Å²) in [6, 6.07) is 7.43. The summed E-state index contributed by atoms with van der Waals surface area (Å²) >= 11 is 5.75. The molecule has 0 aromatic heterocycles. The molecule has 0 N–H and O–H groups in total. The van der Waals surface area contributed by atoms with Gasteiger partial charge in [0.15, 0.2) is 11.5 Å². The van der Waals surface area contributed by atoms with Crippen molar-refractivity contribution < 1.29 is 21.8 Å². The van der Waals surface area contributed by atoms with Crippen molar-refractivity contribution >= 4 is 27.5 Å². The topological polar surface area (TPSA) is 60.4 Å². The standard InChI is InChI=1S/C15H12ClFO4S/c1-9-3-5-12(10(2)18)14(7-9)21-22(19,20)15-6-4-11(17)8-13(15)16/h3-8H,1-2H3. The Morgan fingerprint density at radius 1 is 1.18 bits per heavy atom. The van der Waals surface area contributed by atoms with E-state index in [0.717, 1.165) is 23.8 Å². The highest BCUT2D eigenvalue weighted by molar-refractivity contribution is 7.87. The maximum absolute atomic E-state index is 13.0. The van der Waals surface area contributed by atoms with Gasteiger partial charge >= 0.3 is 10.1 Å². The molecule has 2 rings (SSSR count). The van der Waals surface area contributed by atoms with Crippen LogP contribution >= 0.6 is 11.6 Å². The van der Waals surface area contributed by atoms with Gasteiger partial charge in [-0.2, -0.15) is 8.42 Å². The summed E-state index contributed by atoms with van der Waals surface area (Å²) < 4.78 is 42.6. The van der Waals surface area contributed by atoms with Crippen molar-refractivity contribution in [1.29, 1.82) is 0 Å². The third-order valence-electron chi connectivity index (χ3n) is 2.88. The fourth-order valence-electron chi connectivity index (χ4n) is 1.83. The second-order valence-electron chi connectivity index (χ2n) is 4.67. The first-order valence-electron chi connectivity index (χ1n) is 6.22. The fraction of sp³-hybridized carbons (Fsp3) is 0.133. The van der Waals surface area contributed by atoms with Crippen molar-refractivity contribution in [2.45, 2.75) is 18.7 Å². The molecule has 4 nitrogen and oxygen atoms in total. The summed E-state index contributed by atoms with van der Waals surface area (Å²) in [5.74, 6) is -1.09. The SMILES string of the molecule is CC(=O)c1ccc(C)cc1OS(=O)(=O)c1ccc(F)cc1Cl. The van der Waals surface area contributed by atoms with Crippen LogP contribution in [0.2, 0.25) is 5.02 Å². The van der Waals surface area contributed by atoms with Gasteiger partial charge in [0.25, 0.3) is 0 Å².